The Balaban J connectivity index is 1.68. The van der Waals surface area contributed by atoms with E-state index in [0.29, 0.717) is 0 Å². The van der Waals surface area contributed by atoms with Gasteiger partial charge >= 0.3 is 0 Å². The van der Waals surface area contributed by atoms with Gasteiger partial charge in [0.2, 0.25) is 0 Å². The van der Waals surface area contributed by atoms with E-state index in [1.807, 2.05) is 11.8 Å². The van der Waals surface area contributed by atoms with Gasteiger partial charge in [-0.15, -0.1) is 11.8 Å². The third-order valence-electron chi connectivity index (χ3n) is 4.01. The quantitative estimate of drug-likeness (QED) is 0.787. The Morgan fingerprint density at radius 1 is 1.31 bits per heavy atom. The molecule has 0 amide bonds. The lowest BCUT2D eigenvalue weighted by Crippen LogP contribution is -2.39. The summed E-state index contributed by atoms with van der Waals surface area (Å²) in [6.07, 6.45) is 4.26. The van der Waals surface area contributed by atoms with Gasteiger partial charge in [0.25, 0.3) is 0 Å². The minimum Gasteiger partial charge on any atom is -0.303 e. The third-order valence-corrected chi connectivity index (χ3v) is 5.26. The molecule has 16 heavy (non-hydrogen) atoms. The summed E-state index contributed by atoms with van der Waals surface area (Å²) < 4.78 is 0. The maximum absolute atomic E-state index is 2.58. The van der Waals surface area contributed by atoms with Crippen molar-refractivity contribution in [3.05, 3.63) is 29.8 Å². The van der Waals surface area contributed by atoms with Gasteiger partial charge in [0.05, 0.1) is 0 Å². The Hall–Kier alpha value is -0.470. The van der Waals surface area contributed by atoms with Crippen molar-refractivity contribution in [2.75, 3.05) is 19.3 Å². The van der Waals surface area contributed by atoms with Crippen LogP contribution in [0.3, 0.4) is 0 Å². The zero-order valence-corrected chi connectivity index (χ0v) is 10.7. The van der Waals surface area contributed by atoms with E-state index in [0.717, 1.165) is 12.0 Å². The van der Waals surface area contributed by atoms with E-state index in [4.69, 9.17) is 0 Å². The molecule has 0 bridgehead atoms. The minimum atomic E-state index is 0.756. The van der Waals surface area contributed by atoms with Crippen molar-refractivity contribution < 1.29 is 0 Å². The Labute approximate surface area is 102 Å². The molecule has 1 aromatic rings. The van der Waals surface area contributed by atoms with Crippen LogP contribution >= 0.6 is 11.8 Å². The van der Waals surface area contributed by atoms with Crippen molar-refractivity contribution in [3.63, 3.8) is 0 Å². The second-order valence-electron chi connectivity index (χ2n) is 5.07. The molecule has 1 fully saturated rings. The third kappa shape index (κ3) is 1.89. The van der Waals surface area contributed by atoms with Crippen molar-refractivity contribution in [1.29, 1.82) is 0 Å². The summed E-state index contributed by atoms with van der Waals surface area (Å²) in [5.41, 5.74) is 1.58. The molecule has 1 saturated carbocycles. The van der Waals surface area contributed by atoms with Crippen LogP contribution in [-0.2, 0) is 0 Å². The van der Waals surface area contributed by atoms with Crippen molar-refractivity contribution in [3.8, 4) is 0 Å². The molecule has 1 heterocycles. The van der Waals surface area contributed by atoms with Crippen molar-refractivity contribution in [2.24, 2.45) is 0 Å². The van der Waals surface area contributed by atoms with Crippen LogP contribution in [0.1, 0.15) is 30.7 Å². The molecular weight excluding hydrogens is 214 g/mol. The van der Waals surface area contributed by atoms with E-state index in [1.165, 1.54) is 36.5 Å². The van der Waals surface area contributed by atoms with Crippen molar-refractivity contribution >= 4 is 11.8 Å². The normalized spacial score (nSPS) is 24.5. The second kappa shape index (κ2) is 4.42. The predicted octanol–water partition coefficient (Wildman–Crippen LogP) is 3.36. The fourth-order valence-electron chi connectivity index (χ4n) is 2.70. The van der Waals surface area contributed by atoms with E-state index < -0.39 is 0 Å². The van der Waals surface area contributed by atoms with E-state index >= 15 is 0 Å². The zero-order valence-electron chi connectivity index (χ0n) is 9.86. The zero-order chi connectivity index (χ0) is 11.0. The molecule has 1 aromatic carbocycles. The number of nitrogens with zero attached hydrogens (tertiary/aromatic N) is 1. The van der Waals surface area contributed by atoms with Gasteiger partial charge in [0, 0.05) is 29.2 Å². The lowest BCUT2D eigenvalue weighted by atomic mass is 9.90. The number of fused-ring (bicyclic) bond motifs is 1. The molecule has 86 valence electrons. The SMILES string of the molecule is CN(CC1CSc2ccccc21)C1CCC1. The van der Waals surface area contributed by atoms with Crippen LogP contribution in [0, 0.1) is 0 Å². The molecule has 0 N–H and O–H groups in total. The second-order valence-corrected chi connectivity index (χ2v) is 6.13. The first kappa shape index (κ1) is 10.7. The molecule has 1 nitrogen and oxygen atoms in total. The maximum atomic E-state index is 2.58. The van der Waals surface area contributed by atoms with Gasteiger partial charge in [-0.1, -0.05) is 24.6 Å². The van der Waals surface area contributed by atoms with E-state index in [9.17, 15) is 0 Å². The molecule has 1 aliphatic heterocycles. The first-order valence-electron chi connectivity index (χ1n) is 6.26. The minimum absolute atomic E-state index is 0.756. The molecule has 0 spiro atoms. The molecule has 1 aliphatic carbocycles. The highest BCUT2D eigenvalue weighted by Gasteiger charge is 2.28. The topological polar surface area (TPSA) is 3.24 Å². The Bertz CT molecular complexity index is 373. The van der Waals surface area contributed by atoms with Gasteiger partial charge in [-0.2, -0.15) is 0 Å². The molecule has 1 unspecified atom stereocenters. The average molecular weight is 233 g/mol. The molecule has 2 aliphatic rings. The molecule has 3 rings (SSSR count). The average Bonchev–Trinajstić information content (AvgIpc) is 2.59. The van der Waals surface area contributed by atoms with E-state index in [2.05, 4.69) is 36.2 Å². The summed E-state index contributed by atoms with van der Waals surface area (Å²) in [7, 11) is 2.30. The summed E-state index contributed by atoms with van der Waals surface area (Å²) in [5, 5.41) is 0. The van der Waals surface area contributed by atoms with Crippen LogP contribution in [0.2, 0.25) is 0 Å². The van der Waals surface area contributed by atoms with Gasteiger partial charge in [0.15, 0.2) is 0 Å². The van der Waals surface area contributed by atoms with Crippen LogP contribution in [-0.4, -0.2) is 30.3 Å². The van der Waals surface area contributed by atoms with Gasteiger partial charge in [-0.05, 0) is 31.5 Å². The summed E-state index contributed by atoms with van der Waals surface area (Å²) in [4.78, 5) is 4.09. The van der Waals surface area contributed by atoms with E-state index in [-0.39, 0.29) is 0 Å². The monoisotopic (exact) mass is 233 g/mol. The molecule has 0 aromatic heterocycles. The van der Waals surface area contributed by atoms with Crippen LogP contribution in [0.25, 0.3) is 0 Å². The fourth-order valence-corrected chi connectivity index (χ4v) is 3.95. The molecule has 2 heteroatoms. The number of likely N-dealkylation sites (N-methyl/N-ethyl adjacent to an activating group) is 1. The lowest BCUT2D eigenvalue weighted by Gasteiger charge is -2.36. The molecule has 1 atom stereocenters. The van der Waals surface area contributed by atoms with Gasteiger partial charge in [0.1, 0.15) is 0 Å². The Morgan fingerprint density at radius 3 is 2.88 bits per heavy atom. The number of rotatable bonds is 3. The Kier molecular flexibility index (Phi) is 2.95. The fraction of sp³-hybridized carbons (Fsp3) is 0.571. The van der Waals surface area contributed by atoms with Gasteiger partial charge < -0.3 is 4.90 Å². The maximum Gasteiger partial charge on any atom is 0.0108 e. The number of hydrogen-bond donors (Lipinski definition) is 0. The number of hydrogen-bond acceptors (Lipinski definition) is 2. The van der Waals surface area contributed by atoms with Crippen LogP contribution < -0.4 is 0 Å². The largest absolute Gasteiger partial charge is 0.303 e. The lowest BCUT2D eigenvalue weighted by molar-refractivity contribution is 0.154. The Morgan fingerprint density at radius 2 is 2.12 bits per heavy atom. The highest BCUT2D eigenvalue weighted by atomic mass is 32.2. The summed E-state index contributed by atoms with van der Waals surface area (Å²) in [6.45, 7) is 1.24. The molecule has 0 saturated heterocycles. The summed E-state index contributed by atoms with van der Waals surface area (Å²) in [5.74, 6) is 2.03. The summed E-state index contributed by atoms with van der Waals surface area (Å²) in [6, 6.07) is 9.79. The standard InChI is InChI=1S/C14H19NS/c1-15(12-5-4-6-12)9-11-10-16-14-8-3-2-7-13(11)14/h2-3,7-8,11-12H,4-6,9-10H2,1H3. The molecule has 0 radical (unpaired) electrons. The highest BCUT2D eigenvalue weighted by molar-refractivity contribution is 7.99. The van der Waals surface area contributed by atoms with Crippen molar-refractivity contribution in [1.82, 2.24) is 4.90 Å². The van der Waals surface area contributed by atoms with Crippen LogP contribution in [0.4, 0.5) is 0 Å². The van der Waals surface area contributed by atoms with E-state index in [1.54, 1.807) is 5.56 Å². The number of benzene rings is 1. The number of thioether (sulfide) groups is 1. The van der Waals surface area contributed by atoms with Gasteiger partial charge in [-0.25, -0.2) is 0 Å². The smallest absolute Gasteiger partial charge is 0.0108 e. The van der Waals surface area contributed by atoms with Crippen LogP contribution in [0.5, 0.6) is 0 Å². The first-order valence-corrected chi connectivity index (χ1v) is 7.25. The van der Waals surface area contributed by atoms with Gasteiger partial charge in [-0.3, -0.25) is 0 Å². The van der Waals surface area contributed by atoms with Crippen molar-refractivity contribution in [2.45, 2.75) is 36.1 Å². The summed E-state index contributed by atoms with van der Waals surface area (Å²) >= 11 is 2.03. The molecular formula is C14H19NS. The predicted molar refractivity (Wildman–Crippen MR) is 70.2 cm³/mol. The van der Waals surface area contributed by atoms with Crippen LogP contribution in [0.15, 0.2) is 29.2 Å². The highest BCUT2D eigenvalue weighted by Crippen LogP contribution is 2.40. The first-order chi connectivity index (χ1) is 7.84.